The van der Waals surface area contributed by atoms with E-state index in [4.69, 9.17) is 16.3 Å². The highest BCUT2D eigenvalue weighted by molar-refractivity contribution is 6.29. The Morgan fingerprint density at radius 1 is 1.42 bits per heavy atom. The first-order chi connectivity index (χ1) is 9.22. The van der Waals surface area contributed by atoms with Crippen molar-refractivity contribution >= 4 is 17.4 Å². The first-order valence-corrected chi connectivity index (χ1v) is 7.50. The number of aromatic nitrogens is 2. The van der Waals surface area contributed by atoms with E-state index in [2.05, 4.69) is 21.8 Å². The van der Waals surface area contributed by atoms with Gasteiger partial charge >= 0.3 is 0 Å². The number of halogens is 1. The third kappa shape index (κ3) is 4.05. The van der Waals surface area contributed by atoms with Crippen molar-refractivity contribution in [1.29, 1.82) is 0 Å². The van der Waals surface area contributed by atoms with Gasteiger partial charge in [-0.15, -0.1) is 0 Å². The lowest BCUT2D eigenvalue weighted by molar-refractivity contribution is 0.0525. The van der Waals surface area contributed by atoms with Crippen LogP contribution in [-0.2, 0) is 11.2 Å². The van der Waals surface area contributed by atoms with Crippen LogP contribution in [0.2, 0.25) is 5.15 Å². The Kier molecular flexibility index (Phi) is 5.40. The minimum Gasteiger partial charge on any atom is -0.377 e. The molecule has 1 aliphatic heterocycles. The van der Waals surface area contributed by atoms with Gasteiger partial charge in [-0.3, -0.25) is 0 Å². The number of hydrogen-bond acceptors (Lipinski definition) is 4. The van der Waals surface area contributed by atoms with Crippen LogP contribution < -0.4 is 4.90 Å². The van der Waals surface area contributed by atoms with Crippen molar-refractivity contribution in [3.8, 4) is 0 Å². The predicted molar refractivity (Wildman–Crippen MR) is 77.9 cm³/mol. The lowest BCUT2D eigenvalue weighted by Gasteiger charge is -2.33. The van der Waals surface area contributed by atoms with Gasteiger partial charge < -0.3 is 9.64 Å². The van der Waals surface area contributed by atoms with E-state index in [1.54, 1.807) is 0 Å². The fraction of sp³-hybridized carbons (Fsp3) is 0.714. The molecule has 2 heterocycles. The fourth-order valence-corrected chi connectivity index (χ4v) is 2.66. The van der Waals surface area contributed by atoms with Gasteiger partial charge in [-0.25, -0.2) is 9.97 Å². The number of ether oxygens (including phenoxy) is 1. The number of nitrogens with zero attached hydrogens (tertiary/aromatic N) is 3. The molecule has 106 valence electrons. The molecule has 0 bridgehead atoms. The van der Waals surface area contributed by atoms with Crippen molar-refractivity contribution in [2.24, 2.45) is 0 Å². The summed E-state index contributed by atoms with van der Waals surface area (Å²) in [4.78, 5) is 11.1. The molecule has 1 aliphatic rings. The van der Waals surface area contributed by atoms with E-state index in [-0.39, 0.29) is 0 Å². The molecule has 1 saturated heterocycles. The normalized spacial score (nSPS) is 19.7. The second-order valence-corrected chi connectivity index (χ2v) is 5.27. The maximum Gasteiger partial charge on any atom is 0.134 e. The molecule has 4 nitrogen and oxygen atoms in total. The Bertz CT molecular complexity index is 412. The summed E-state index contributed by atoms with van der Waals surface area (Å²) in [5.74, 6) is 1.77. The van der Waals surface area contributed by atoms with E-state index in [1.807, 2.05) is 13.0 Å². The van der Waals surface area contributed by atoms with Crippen LogP contribution in [0.1, 0.15) is 38.9 Å². The van der Waals surface area contributed by atoms with Gasteiger partial charge in [-0.05, 0) is 26.2 Å². The molecule has 19 heavy (non-hydrogen) atoms. The molecule has 0 aromatic carbocycles. The molecule has 5 heteroatoms. The molecule has 0 N–H and O–H groups in total. The van der Waals surface area contributed by atoms with Crippen LogP contribution in [0.15, 0.2) is 6.07 Å². The Balaban J connectivity index is 2.11. The molecule has 1 fully saturated rings. The van der Waals surface area contributed by atoms with Gasteiger partial charge in [-0.1, -0.05) is 18.5 Å². The number of aryl methyl sites for hydroxylation is 1. The van der Waals surface area contributed by atoms with Crippen LogP contribution in [0.3, 0.4) is 0 Å². The average Bonchev–Trinajstić information content (AvgIpc) is 2.39. The zero-order valence-electron chi connectivity index (χ0n) is 11.7. The van der Waals surface area contributed by atoms with Gasteiger partial charge in [0.2, 0.25) is 0 Å². The maximum absolute atomic E-state index is 6.09. The summed E-state index contributed by atoms with van der Waals surface area (Å²) in [6.45, 7) is 6.84. The van der Waals surface area contributed by atoms with E-state index in [1.165, 1.54) is 0 Å². The molecule has 2 rings (SSSR count). The van der Waals surface area contributed by atoms with Crippen molar-refractivity contribution in [2.75, 3.05) is 24.6 Å². The molecule has 1 atom stereocenters. The zero-order chi connectivity index (χ0) is 13.7. The lowest BCUT2D eigenvalue weighted by Crippen LogP contribution is -2.40. The topological polar surface area (TPSA) is 38.2 Å². The zero-order valence-corrected chi connectivity index (χ0v) is 12.5. The van der Waals surface area contributed by atoms with E-state index in [0.717, 1.165) is 57.0 Å². The molecule has 1 aromatic heterocycles. The lowest BCUT2D eigenvalue weighted by atomic mass is 10.1. The monoisotopic (exact) mass is 283 g/mol. The van der Waals surface area contributed by atoms with Gasteiger partial charge in [-0.2, -0.15) is 0 Å². The highest BCUT2D eigenvalue weighted by atomic mass is 35.5. The molecule has 1 aromatic rings. The number of piperidine rings is 1. The first-order valence-electron chi connectivity index (χ1n) is 7.13. The van der Waals surface area contributed by atoms with Crippen LogP contribution in [0, 0.1) is 0 Å². The Labute approximate surface area is 120 Å². The van der Waals surface area contributed by atoms with Crippen LogP contribution >= 0.6 is 11.6 Å². The van der Waals surface area contributed by atoms with E-state index in [9.17, 15) is 0 Å². The molecule has 0 amide bonds. The molecule has 0 spiro atoms. The summed E-state index contributed by atoms with van der Waals surface area (Å²) in [6, 6.07) is 1.86. The van der Waals surface area contributed by atoms with Crippen LogP contribution in [0.4, 0.5) is 5.82 Å². The summed E-state index contributed by atoms with van der Waals surface area (Å²) in [5, 5.41) is 0.534. The van der Waals surface area contributed by atoms with E-state index < -0.39 is 0 Å². The number of hydrogen-bond donors (Lipinski definition) is 0. The summed E-state index contributed by atoms with van der Waals surface area (Å²) >= 11 is 6.09. The third-order valence-electron chi connectivity index (χ3n) is 3.31. The fourth-order valence-electron chi connectivity index (χ4n) is 2.47. The van der Waals surface area contributed by atoms with Gasteiger partial charge in [0.15, 0.2) is 0 Å². The molecule has 0 aliphatic carbocycles. The SMILES string of the molecule is CCCc1nc(Cl)cc(N2CCCC(OCC)C2)n1. The van der Waals surface area contributed by atoms with Gasteiger partial charge in [0, 0.05) is 32.2 Å². The second kappa shape index (κ2) is 7.06. The van der Waals surface area contributed by atoms with Crippen LogP contribution in [0.25, 0.3) is 0 Å². The van der Waals surface area contributed by atoms with Crippen molar-refractivity contribution in [2.45, 2.75) is 45.6 Å². The van der Waals surface area contributed by atoms with Crippen LogP contribution in [0.5, 0.6) is 0 Å². The van der Waals surface area contributed by atoms with Crippen molar-refractivity contribution in [3.63, 3.8) is 0 Å². The third-order valence-corrected chi connectivity index (χ3v) is 3.50. The smallest absolute Gasteiger partial charge is 0.134 e. The molecular formula is C14H22ClN3O. The Hall–Kier alpha value is -0.870. The quantitative estimate of drug-likeness (QED) is 0.779. The largest absolute Gasteiger partial charge is 0.377 e. The van der Waals surface area contributed by atoms with Gasteiger partial charge in [0.05, 0.1) is 6.10 Å². The molecule has 0 saturated carbocycles. The average molecular weight is 284 g/mol. The summed E-state index contributed by atoms with van der Waals surface area (Å²) in [7, 11) is 0. The summed E-state index contributed by atoms with van der Waals surface area (Å²) < 4.78 is 5.72. The molecule has 0 radical (unpaired) electrons. The first kappa shape index (κ1) is 14.5. The van der Waals surface area contributed by atoms with Crippen molar-refractivity contribution in [1.82, 2.24) is 9.97 Å². The predicted octanol–water partition coefficient (Wildman–Crippen LogP) is 3.09. The van der Waals surface area contributed by atoms with Crippen LogP contribution in [-0.4, -0.2) is 35.8 Å². The highest BCUT2D eigenvalue weighted by Crippen LogP contribution is 2.22. The number of rotatable bonds is 5. The van der Waals surface area contributed by atoms with E-state index in [0.29, 0.717) is 11.3 Å². The highest BCUT2D eigenvalue weighted by Gasteiger charge is 2.21. The van der Waals surface area contributed by atoms with Gasteiger partial charge in [0.1, 0.15) is 16.8 Å². The van der Waals surface area contributed by atoms with Crippen molar-refractivity contribution < 1.29 is 4.74 Å². The molecular weight excluding hydrogens is 262 g/mol. The van der Waals surface area contributed by atoms with Crippen molar-refractivity contribution in [3.05, 3.63) is 17.0 Å². The van der Waals surface area contributed by atoms with Gasteiger partial charge in [0.25, 0.3) is 0 Å². The summed E-state index contributed by atoms with van der Waals surface area (Å²) in [5.41, 5.74) is 0. The minimum absolute atomic E-state index is 0.308. The van der Waals surface area contributed by atoms with E-state index >= 15 is 0 Å². The standard InChI is InChI=1S/C14H22ClN3O/c1-3-6-13-16-12(15)9-14(17-13)18-8-5-7-11(10-18)19-4-2/h9,11H,3-8,10H2,1-2H3. The molecule has 1 unspecified atom stereocenters. The Morgan fingerprint density at radius 3 is 3.00 bits per heavy atom. The number of anilines is 1. The summed E-state index contributed by atoms with van der Waals surface area (Å²) in [6.07, 6.45) is 4.47. The second-order valence-electron chi connectivity index (χ2n) is 4.88. The Morgan fingerprint density at radius 2 is 2.26 bits per heavy atom. The maximum atomic E-state index is 6.09. The minimum atomic E-state index is 0.308.